The van der Waals surface area contributed by atoms with Crippen LogP contribution in [0.3, 0.4) is 0 Å². The van der Waals surface area contributed by atoms with E-state index < -0.39 is 10.0 Å². The molecule has 0 radical (unpaired) electrons. The molecule has 35 heavy (non-hydrogen) atoms. The van der Waals surface area contributed by atoms with Crippen LogP contribution in [0.25, 0.3) is 0 Å². The summed E-state index contributed by atoms with van der Waals surface area (Å²) in [5.74, 6) is 1.02. The number of carbonyl (C=O) groups excluding carboxylic acids is 1. The van der Waals surface area contributed by atoms with Crippen molar-refractivity contribution in [2.45, 2.75) is 17.4 Å². The maximum absolute atomic E-state index is 13.6. The zero-order valence-electron chi connectivity index (χ0n) is 19.7. The number of nitrogens with zero attached hydrogens (tertiary/aromatic N) is 2. The van der Waals surface area contributed by atoms with Gasteiger partial charge in [-0.1, -0.05) is 18.2 Å². The SMILES string of the molecule is C=CCN(CC(=O)N1CCc2sccc2C1c1ccc(OC)cc1)S(=O)(=O)c1ccc(OC)cc1. The molecule has 1 unspecified atom stereocenters. The second-order valence-corrected chi connectivity index (χ2v) is 11.0. The van der Waals surface area contributed by atoms with Gasteiger partial charge in [0.05, 0.1) is 31.7 Å². The maximum atomic E-state index is 13.6. The number of thiophene rings is 1. The molecule has 4 rings (SSSR count). The van der Waals surface area contributed by atoms with Crippen molar-refractivity contribution < 1.29 is 22.7 Å². The average Bonchev–Trinajstić information content (AvgIpc) is 3.37. The number of hydrogen-bond acceptors (Lipinski definition) is 6. The van der Waals surface area contributed by atoms with E-state index in [1.165, 1.54) is 34.5 Å². The Morgan fingerprint density at radius 3 is 2.31 bits per heavy atom. The highest BCUT2D eigenvalue weighted by Crippen LogP contribution is 2.38. The Morgan fingerprint density at radius 1 is 1.09 bits per heavy atom. The lowest BCUT2D eigenvalue weighted by atomic mass is 9.93. The minimum Gasteiger partial charge on any atom is -0.497 e. The third-order valence-corrected chi connectivity index (χ3v) is 8.88. The molecular formula is C26H28N2O5S2. The molecule has 0 bridgehead atoms. The Hall–Kier alpha value is -3.14. The molecule has 184 valence electrons. The van der Waals surface area contributed by atoms with Gasteiger partial charge >= 0.3 is 0 Å². The third kappa shape index (κ3) is 5.12. The van der Waals surface area contributed by atoms with Gasteiger partial charge in [0.2, 0.25) is 15.9 Å². The van der Waals surface area contributed by atoms with Gasteiger partial charge in [-0.3, -0.25) is 4.79 Å². The number of amides is 1. The molecular weight excluding hydrogens is 484 g/mol. The van der Waals surface area contributed by atoms with E-state index >= 15 is 0 Å². The van der Waals surface area contributed by atoms with Crippen LogP contribution in [0.15, 0.2) is 77.5 Å². The molecule has 0 saturated heterocycles. The smallest absolute Gasteiger partial charge is 0.243 e. The van der Waals surface area contributed by atoms with Crippen molar-refractivity contribution in [1.82, 2.24) is 9.21 Å². The Balaban J connectivity index is 1.64. The molecule has 3 aromatic rings. The van der Waals surface area contributed by atoms with E-state index in [1.807, 2.05) is 35.7 Å². The standard InChI is InChI=1S/C26H28N2O5S2/c1-4-15-27(35(30,31)22-11-9-21(33-3)10-12-22)18-25(29)28-16-13-24-23(14-17-34-24)26(28)19-5-7-20(32-2)8-6-19/h4-12,14,17,26H,1,13,15-16,18H2,2-3H3. The van der Waals surface area contributed by atoms with Gasteiger partial charge in [0.15, 0.2) is 0 Å². The molecule has 1 amide bonds. The zero-order valence-corrected chi connectivity index (χ0v) is 21.3. The third-order valence-electron chi connectivity index (χ3n) is 6.06. The van der Waals surface area contributed by atoms with Gasteiger partial charge in [0.25, 0.3) is 0 Å². The number of hydrogen-bond donors (Lipinski definition) is 0. The first-order chi connectivity index (χ1) is 16.9. The molecule has 9 heteroatoms. The topological polar surface area (TPSA) is 76.2 Å². The molecule has 1 aliphatic heterocycles. The van der Waals surface area contributed by atoms with Crippen LogP contribution < -0.4 is 9.47 Å². The Labute approximate surface area is 210 Å². The summed E-state index contributed by atoms with van der Waals surface area (Å²) in [6.07, 6.45) is 2.22. The highest BCUT2D eigenvalue weighted by molar-refractivity contribution is 7.89. The number of rotatable bonds is 9. The lowest BCUT2D eigenvalue weighted by Crippen LogP contribution is -2.46. The van der Waals surface area contributed by atoms with Gasteiger partial charge in [0, 0.05) is 18.0 Å². The van der Waals surface area contributed by atoms with Crippen molar-refractivity contribution in [3.63, 3.8) is 0 Å². The molecule has 2 aromatic carbocycles. The predicted molar refractivity (Wildman–Crippen MR) is 137 cm³/mol. The van der Waals surface area contributed by atoms with Gasteiger partial charge in [-0.25, -0.2) is 8.42 Å². The summed E-state index contributed by atoms with van der Waals surface area (Å²) in [6.45, 7) is 3.94. The quantitative estimate of drug-likeness (QED) is 0.403. The van der Waals surface area contributed by atoms with Crippen LogP contribution in [0.5, 0.6) is 11.5 Å². The van der Waals surface area contributed by atoms with Crippen molar-refractivity contribution in [3.8, 4) is 11.5 Å². The molecule has 0 fully saturated rings. The fourth-order valence-corrected chi connectivity index (χ4v) is 6.52. The lowest BCUT2D eigenvalue weighted by Gasteiger charge is -2.37. The Kier molecular flexibility index (Phi) is 7.59. The normalized spacial score (nSPS) is 15.5. The second-order valence-electron chi connectivity index (χ2n) is 8.07. The Bertz CT molecular complexity index is 1280. The molecule has 7 nitrogen and oxygen atoms in total. The van der Waals surface area contributed by atoms with Crippen LogP contribution in [0.1, 0.15) is 22.0 Å². The van der Waals surface area contributed by atoms with Gasteiger partial charge in [-0.05, 0) is 65.4 Å². The van der Waals surface area contributed by atoms with Crippen LogP contribution in [0.2, 0.25) is 0 Å². The minimum atomic E-state index is -3.92. The first-order valence-corrected chi connectivity index (χ1v) is 13.5. The van der Waals surface area contributed by atoms with Crippen LogP contribution in [0.4, 0.5) is 0 Å². The monoisotopic (exact) mass is 512 g/mol. The largest absolute Gasteiger partial charge is 0.497 e. The van der Waals surface area contributed by atoms with Crippen molar-refractivity contribution >= 4 is 27.3 Å². The number of sulfonamides is 1. The second kappa shape index (κ2) is 10.6. The van der Waals surface area contributed by atoms with Gasteiger partial charge in [0.1, 0.15) is 11.5 Å². The summed E-state index contributed by atoms with van der Waals surface area (Å²) < 4.78 is 38.3. The summed E-state index contributed by atoms with van der Waals surface area (Å²) in [4.78, 5) is 16.8. The first-order valence-electron chi connectivity index (χ1n) is 11.1. The predicted octanol–water partition coefficient (Wildman–Crippen LogP) is 4.12. The molecule has 1 aromatic heterocycles. The van der Waals surface area contributed by atoms with Crippen LogP contribution in [-0.4, -0.2) is 57.4 Å². The number of methoxy groups -OCH3 is 2. The van der Waals surface area contributed by atoms with Crippen molar-refractivity contribution in [1.29, 1.82) is 0 Å². The first kappa shape index (κ1) is 25.0. The highest BCUT2D eigenvalue weighted by atomic mass is 32.2. The molecule has 1 aliphatic rings. The number of benzene rings is 2. The number of carbonyl (C=O) groups is 1. The summed E-state index contributed by atoms with van der Waals surface area (Å²) in [5.41, 5.74) is 2.03. The van der Waals surface area contributed by atoms with E-state index in [-0.39, 0.29) is 29.9 Å². The van der Waals surface area contributed by atoms with Crippen molar-refractivity contribution in [3.05, 3.63) is 88.6 Å². The van der Waals surface area contributed by atoms with Gasteiger partial charge < -0.3 is 14.4 Å². The maximum Gasteiger partial charge on any atom is 0.243 e. The zero-order chi connectivity index (χ0) is 25.0. The van der Waals surface area contributed by atoms with E-state index in [0.717, 1.165) is 23.3 Å². The van der Waals surface area contributed by atoms with Crippen LogP contribution in [0, 0.1) is 0 Å². The fourth-order valence-electron chi connectivity index (χ4n) is 4.26. The lowest BCUT2D eigenvalue weighted by molar-refractivity contribution is -0.133. The number of fused-ring (bicyclic) bond motifs is 1. The fraction of sp³-hybridized carbons (Fsp3) is 0.269. The van der Waals surface area contributed by atoms with Crippen molar-refractivity contribution in [2.75, 3.05) is 33.9 Å². The van der Waals surface area contributed by atoms with Crippen LogP contribution >= 0.6 is 11.3 Å². The summed E-state index contributed by atoms with van der Waals surface area (Å²) in [7, 11) is -0.790. The molecule has 0 saturated carbocycles. The Morgan fingerprint density at radius 2 is 1.71 bits per heavy atom. The average molecular weight is 513 g/mol. The summed E-state index contributed by atoms with van der Waals surface area (Å²) in [5, 5.41) is 2.04. The van der Waals surface area contributed by atoms with Crippen molar-refractivity contribution in [2.24, 2.45) is 0 Å². The summed E-state index contributed by atoms with van der Waals surface area (Å²) in [6, 6.07) is 15.5. The van der Waals surface area contributed by atoms with E-state index in [0.29, 0.717) is 12.3 Å². The highest BCUT2D eigenvalue weighted by Gasteiger charge is 2.35. The molecule has 2 heterocycles. The molecule has 1 atom stereocenters. The number of ether oxygens (including phenoxy) is 2. The molecule has 0 spiro atoms. The minimum absolute atomic E-state index is 0.0187. The van der Waals surface area contributed by atoms with E-state index in [4.69, 9.17) is 9.47 Å². The van der Waals surface area contributed by atoms with E-state index in [2.05, 4.69) is 6.58 Å². The molecule has 0 aliphatic carbocycles. The molecule has 0 N–H and O–H groups in total. The van der Waals surface area contributed by atoms with Gasteiger partial charge in [-0.2, -0.15) is 4.31 Å². The van der Waals surface area contributed by atoms with Crippen LogP contribution in [-0.2, 0) is 21.2 Å². The van der Waals surface area contributed by atoms with Gasteiger partial charge in [-0.15, -0.1) is 17.9 Å². The van der Waals surface area contributed by atoms with E-state index in [9.17, 15) is 13.2 Å². The summed E-state index contributed by atoms with van der Waals surface area (Å²) >= 11 is 1.68. The van der Waals surface area contributed by atoms with E-state index in [1.54, 1.807) is 35.5 Å².